The van der Waals surface area contributed by atoms with Crippen molar-refractivity contribution in [3.05, 3.63) is 46.1 Å². The third kappa shape index (κ3) is 4.26. The van der Waals surface area contributed by atoms with Gasteiger partial charge in [-0.1, -0.05) is 20.8 Å². The van der Waals surface area contributed by atoms with Gasteiger partial charge in [0.25, 0.3) is 5.91 Å². The molecule has 0 radical (unpaired) electrons. The Kier molecular flexibility index (Phi) is 6.47. The molecule has 1 aliphatic heterocycles. The molecule has 1 fully saturated rings. The normalized spacial score (nSPS) is 19.2. The van der Waals surface area contributed by atoms with Crippen molar-refractivity contribution < 1.29 is 9.53 Å². The predicted molar refractivity (Wildman–Crippen MR) is 138 cm³/mol. The number of carbonyl (C=O) groups excluding carboxylic acids is 1. The number of benzene rings is 1. The summed E-state index contributed by atoms with van der Waals surface area (Å²) >= 11 is 1.88. The van der Waals surface area contributed by atoms with E-state index in [9.17, 15) is 4.79 Å². The number of rotatable bonds is 5. The summed E-state index contributed by atoms with van der Waals surface area (Å²) in [5, 5.41) is 1.27. The smallest absolute Gasteiger partial charge is 0.253 e. The van der Waals surface area contributed by atoms with Crippen LogP contribution in [0.15, 0.2) is 24.3 Å². The molecule has 1 saturated heterocycles. The lowest BCUT2D eigenvalue weighted by atomic mass is 9.89. The second-order valence-corrected chi connectivity index (χ2v) is 10.8. The number of thiophene rings is 1. The maximum absolute atomic E-state index is 13.1. The van der Waals surface area contributed by atoms with Crippen molar-refractivity contribution in [2.75, 3.05) is 38.2 Å². The van der Waals surface area contributed by atoms with Crippen LogP contribution in [0.3, 0.4) is 0 Å². The van der Waals surface area contributed by atoms with E-state index in [1.165, 1.54) is 22.2 Å². The highest BCUT2D eigenvalue weighted by molar-refractivity contribution is 7.19. The largest absolute Gasteiger partial charge is 0.497 e. The molecule has 7 heteroatoms. The topological polar surface area (TPSA) is 58.6 Å². The second kappa shape index (κ2) is 9.53. The maximum atomic E-state index is 13.1. The first-order valence-electron chi connectivity index (χ1n) is 12.5. The van der Waals surface area contributed by atoms with E-state index in [0.29, 0.717) is 24.6 Å². The van der Waals surface area contributed by atoms with E-state index in [0.717, 1.165) is 60.5 Å². The minimum atomic E-state index is 0.0809. The molecule has 1 aliphatic carbocycles. The van der Waals surface area contributed by atoms with E-state index in [-0.39, 0.29) is 5.91 Å². The van der Waals surface area contributed by atoms with Crippen LogP contribution in [0.25, 0.3) is 10.2 Å². The first kappa shape index (κ1) is 23.1. The summed E-state index contributed by atoms with van der Waals surface area (Å²) in [5.74, 6) is 3.95. The van der Waals surface area contributed by atoms with E-state index in [1.54, 1.807) is 7.11 Å². The molecule has 3 heterocycles. The third-order valence-corrected chi connectivity index (χ3v) is 8.56. The highest BCUT2D eigenvalue weighted by atomic mass is 32.1. The zero-order valence-corrected chi connectivity index (χ0v) is 21.5. The molecule has 0 spiro atoms. The maximum Gasteiger partial charge on any atom is 0.253 e. The Morgan fingerprint density at radius 3 is 2.59 bits per heavy atom. The summed E-state index contributed by atoms with van der Waals surface area (Å²) in [7, 11) is 1.64. The van der Waals surface area contributed by atoms with Crippen molar-refractivity contribution in [1.29, 1.82) is 0 Å². The molecule has 0 unspecified atom stereocenters. The number of anilines is 1. The SMILES string of the molecule is CC[C@H](C)c1nc(N2CCN(C(=O)c3ccc(OC)cc3)CC2)c2c3c(sc2n1)C[C@@H](C)CC3. The van der Waals surface area contributed by atoms with Gasteiger partial charge in [-0.3, -0.25) is 4.79 Å². The molecule has 3 aromatic rings. The van der Waals surface area contributed by atoms with Crippen LogP contribution in [-0.2, 0) is 12.8 Å². The quantitative estimate of drug-likeness (QED) is 0.498. The first-order chi connectivity index (χ1) is 16.5. The number of carbonyl (C=O) groups is 1. The number of nitrogens with zero attached hydrogens (tertiary/aromatic N) is 4. The molecule has 2 atom stereocenters. The van der Waals surface area contributed by atoms with Crippen LogP contribution < -0.4 is 9.64 Å². The van der Waals surface area contributed by atoms with E-state index in [2.05, 4.69) is 25.7 Å². The fourth-order valence-corrected chi connectivity index (χ4v) is 6.39. The van der Waals surface area contributed by atoms with Crippen molar-refractivity contribution in [1.82, 2.24) is 14.9 Å². The van der Waals surface area contributed by atoms with Crippen LogP contribution in [0.4, 0.5) is 5.82 Å². The van der Waals surface area contributed by atoms with Crippen molar-refractivity contribution in [2.24, 2.45) is 5.92 Å². The molecule has 0 saturated carbocycles. The summed E-state index contributed by atoms with van der Waals surface area (Å²) < 4.78 is 5.22. The van der Waals surface area contributed by atoms with E-state index in [1.807, 2.05) is 40.5 Å². The van der Waals surface area contributed by atoms with Crippen LogP contribution in [-0.4, -0.2) is 54.1 Å². The Morgan fingerprint density at radius 2 is 1.91 bits per heavy atom. The first-order valence-corrected chi connectivity index (χ1v) is 13.3. The highest BCUT2D eigenvalue weighted by Gasteiger charge is 2.29. The van der Waals surface area contributed by atoms with Crippen molar-refractivity contribution >= 4 is 33.3 Å². The molecule has 5 rings (SSSR count). The predicted octanol–water partition coefficient (Wildman–Crippen LogP) is 5.30. The van der Waals surface area contributed by atoms with Gasteiger partial charge in [-0.15, -0.1) is 11.3 Å². The van der Waals surface area contributed by atoms with Crippen LogP contribution in [0.2, 0.25) is 0 Å². The van der Waals surface area contributed by atoms with Gasteiger partial charge in [0.1, 0.15) is 22.2 Å². The summed E-state index contributed by atoms with van der Waals surface area (Å²) in [6.45, 7) is 9.72. The average molecular weight is 479 g/mol. The Hall–Kier alpha value is -2.67. The molecule has 2 aromatic heterocycles. The molecule has 1 amide bonds. The van der Waals surface area contributed by atoms with Gasteiger partial charge in [-0.25, -0.2) is 9.97 Å². The van der Waals surface area contributed by atoms with Gasteiger partial charge in [0.15, 0.2) is 0 Å². The number of ether oxygens (including phenoxy) is 1. The van der Waals surface area contributed by atoms with Crippen LogP contribution in [0, 0.1) is 5.92 Å². The summed E-state index contributed by atoms with van der Waals surface area (Å²) in [5.41, 5.74) is 2.18. The highest BCUT2D eigenvalue weighted by Crippen LogP contribution is 2.42. The zero-order valence-electron chi connectivity index (χ0n) is 20.6. The fourth-order valence-electron chi connectivity index (χ4n) is 5.01. The van der Waals surface area contributed by atoms with Crippen LogP contribution in [0.5, 0.6) is 5.75 Å². The van der Waals surface area contributed by atoms with Gasteiger partial charge < -0.3 is 14.5 Å². The Labute approximate surface area is 206 Å². The third-order valence-electron chi connectivity index (χ3n) is 7.41. The molecule has 0 bridgehead atoms. The second-order valence-electron chi connectivity index (χ2n) is 9.75. The van der Waals surface area contributed by atoms with Gasteiger partial charge in [-0.2, -0.15) is 0 Å². The van der Waals surface area contributed by atoms with E-state index in [4.69, 9.17) is 14.7 Å². The Balaban J connectivity index is 1.42. The molecule has 2 aliphatic rings. The molecule has 180 valence electrons. The molecule has 6 nitrogen and oxygen atoms in total. The number of amides is 1. The minimum Gasteiger partial charge on any atom is -0.497 e. The number of hydrogen-bond acceptors (Lipinski definition) is 6. The van der Waals surface area contributed by atoms with Crippen molar-refractivity contribution in [3.63, 3.8) is 0 Å². The van der Waals surface area contributed by atoms with Crippen LogP contribution in [0.1, 0.15) is 66.2 Å². The van der Waals surface area contributed by atoms with E-state index < -0.39 is 0 Å². The standard InChI is InChI=1S/C27H34N4O2S/c1-5-18(3)24-28-25(23-21-11-6-17(2)16-22(21)34-26(23)29-24)30-12-14-31(15-13-30)27(32)19-7-9-20(33-4)10-8-19/h7-10,17-18H,5-6,11-16H2,1-4H3/t17-,18-/m0/s1. The lowest BCUT2D eigenvalue weighted by molar-refractivity contribution is 0.0746. The van der Waals surface area contributed by atoms with Gasteiger partial charge >= 0.3 is 0 Å². The molecule has 0 N–H and O–H groups in total. The Morgan fingerprint density at radius 1 is 1.18 bits per heavy atom. The summed E-state index contributed by atoms with van der Waals surface area (Å²) in [4.78, 5) is 30.2. The van der Waals surface area contributed by atoms with Crippen LogP contribution >= 0.6 is 11.3 Å². The molecule has 34 heavy (non-hydrogen) atoms. The average Bonchev–Trinajstić information content (AvgIpc) is 3.24. The van der Waals surface area contributed by atoms with E-state index >= 15 is 0 Å². The molecule has 1 aromatic carbocycles. The number of piperazine rings is 1. The summed E-state index contributed by atoms with van der Waals surface area (Å²) in [6.07, 6.45) is 4.52. The Bertz CT molecular complexity index is 1180. The van der Waals surface area contributed by atoms with Gasteiger partial charge in [0.05, 0.1) is 12.5 Å². The number of hydrogen-bond donors (Lipinski definition) is 0. The lowest BCUT2D eigenvalue weighted by Crippen LogP contribution is -2.49. The fraction of sp³-hybridized carbons (Fsp3) is 0.519. The zero-order chi connectivity index (χ0) is 23.8. The number of methoxy groups -OCH3 is 1. The van der Waals surface area contributed by atoms with Gasteiger partial charge in [0, 0.05) is 42.5 Å². The minimum absolute atomic E-state index is 0.0809. The van der Waals surface area contributed by atoms with Crippen molar-refractivity contribution in [2.45, 2.75) is 52.4 Å². The van der Waals surface area contributed by atoms with Crippen molar-refractivity contribution in [3.8, 4) is 5.75 Å². The monoisotopic (exact) mass is 478 g/mol. The van der Waals surface area contributed by atoms with Gasteiger partial charge in [0.2, 0.25) is 0 Å². The molecular formula is C27H34N4O2S. The number of aromatic nitrogens is 2. The molecular weight excluding hydrogens is 444 g/mol. The summed E-state index contributed by atoms with van der Waals surface area (Å²) in [6, 6.07) is 7.38. The van der Waals surface area contributed by atoms with Gasteiger partial charge in [-0.05, 0) is 61.4 Å². The lowest BCUT2D eigenvalue weighted by Gasteiger charge is -2.36. The number of fused-ring (bicyclic) bond motifs is 3. The number of aryl methyl sites for hydroxylation is 1.